The van der Waals surface area contributed by atoms with Crippen LogP contribution in [-0.4, -0.2) is 54.5 Å². The highest BCUT2D eigenvalue weighted by atomic mass is 16.2. The molecule has 2 rings (SSSR count). The fourth-order valence-electron chi connectivity index (χ4n) is 3.38. The van der Waals surface area contributed by atoms with Gasteiger partial charge in [-0.15, -0.1) is 0 Å². The zero-order valence-corrected chi connectivity index (χ0v) is 14.0. The van der Waals surface area contributed by atoms with Crippen LogP contribution in [0.1, 0.15) is 64.2 Å². The van der Waals surface area contributed by atoms with Crippen molar-refractivity contribution in [3.63, 3.8) is 0 Å². The number of nitrogens with zero attached hydrogens (tertiary/aromatic N) is 2. The summed E-state index contributed by atoms with van der Waals surface area (Å²) in [7, 11) is 1.87. The van der Waals surface area contributed by atoms with Gasteiger partial charge < -0.3 is 15.1 Å². The fraction of sp³-hybridized carbons (Fsp3) is 0.882. The van der Waals surface area contributed by atoms with Crippen LogP contribution in [0.3, 0.4) is 0 Å². The van der Waals surface area contributed by atoms with E-state index in [9.17, 15) is 9.59 Å². The molecule has 1 heterocycles. The van der Waals surface area contributed by atoms with E-state index in [2.05, 4.69) is 5.32 Å². The van der Waals surface area contributed by atoms with Gasteiger partial charge in [-0.05, 0) is 25.7 Å². The normalized spacial score (nSPS) is 23.0. The van der Waals surface area contributed by atoms with Crippen molar-refractivity contribution in [2.45, 2.75) is 70.3 Å². The summed E-state index contributed by atoms with van der Waals surface area (Å²) in [5.74, 6) is 0.150. The molecule has 0 aromatic rings. The van der Waals surface area contributed by atoms with Gasteiger partial charge in [-0.1, -0.05) is 32.1 Å². The first kappa shape index (κ1) is 17.1. The van der Waals surface area contributed by atoms with E-state index in [4.69, 9.17) is 0 Å². The Morgan fingerprint density at radius 3 is 2.32 bits per heavy atom. The van der Waals surface area contributed by atoms with Gasteiger partial charge in [-0.3, -0.25) is 4.79 Å². The molecule has 3 amide bonds. The second-order valence-corrected chi connectivity index (χ2v) is 6.75. The van der Waals surface area contributed by atoms with E-state index < -0.39 is 0 Å². The number of rotatable bonds is 1. The molecule has 0 radical (unpaired) electrons. The molecule has 1 saturated carbocycles. The van der Waals surface area contributed by atoms with E-state index in [0.717, 1.165) is 51.6 Å². The molecular formula is C17H31N3O2. The monoisotopic (exact) mass is 309 g/mol. The second kappa shape index (κ2) is 9.01. The van der Waals surface area contributed by atoms with Crippen LogP contribution in [-0.2, 0) is 4.79 Å². The Hall–Kier alpha value is -1.26. The molecule has 5 heteroatoms. The Morgan fingerprint density at radius 1 is 0.955 bits per heavy atom. The largest absolute Gasteiger partial charge is 0.346 e. The summed E-state index contributed by atoms with van der Waals surface area (Å²) in [5.41, 5.74) is 0. The molecule has 126 valence electrons. The van der Waals surface area contributed by atoms with Gasteiger partial charge in [0, 0.05) is 39.1 Å². The Labute approximate surface area is 134 Å². The zero-order chi connectivity index (χ0) is 15.8. The maximum absolute atomic E-state index is 12.5. The number of hydrogen-bond donors (Lipinski definition) is 1. The fourth-order valence-corrected chi connectivity index (χ4v) is 3.38. The SMILES string of the molecule is CN1CCCCCCN(C(=O)NC2CCCCC2)CCC1=O. The van der Waals surface area contributed by atoms with Gasteiger partial charge in [-0.2, -0.15) is 0 Å². The quantitative estimate of drug-likeness (QED) is 0.810. The standard InChI is InChI=1S/C17H31N3O2/c1-19-12-7-2-3-8-13-20(14-11-16(19)21)17(22)18-15-9-5-4-6-10-15/h15H,2-14H2,1H3,(H,18,22). The van der Waals surface area contributed by atoms with Crippen LogP contribution in [0.4, 0.5) is 4.79 Å². The van der Waals surface area contributed by atoms with Crippen LogP contribution >= 0.6 is 0 Å². The van der Waals surface area contributed by atoms with Gasteiger partial charge in [-0.25, -0.2) is 4.79 Å². The predicted molar refractivity (Wildman–Crippen MR) is 87.7 cm³/mol. The van der Waals surface area contributed by atoms with Gasteiger partial charge in [0.15, 0.2) is 0 Å². The minimum absolute atomic E-state index is 0.0293. The van der Waals surface area contributed by atoms with Crippen LogP contribution in [0.5, 0.6) is 0 Å². The van der Waals surface area contributed by atoms with Crippen molar-refractivity contribution >= 4 is 11.9 Å². The number of nitrogens with one attached hydrogen (secondary N) is 1. The molecule has 2 aliphatic rings. The van der Waals surface area contributed by atoms with E-state index in [1.54, 1.807) is 0 Å². The van der Waals surface area contributed by atoms with E-state index >= 15 is 0 Å². The Kier molecular flexibility index (Phi) is 7.00. The van der Waals surface area contributed by atoms with Gasteiger partial charge in [0.2, 0.25) is 5.91 Å². The van der Waals surface area contributed by atoms with Crippen molar-refractivity contribution in [1.29, 1.82) is 0 Å². The average Bonchev–Trinajstić information content (AvgIpc) is 2.56. The molecule has 1 aliphatic heterocycles. The Morgan fingerprint density at radius 2 is 1.59 bits per heavy atom. The third kappa shape index (κ3) is 5.50. The van der Waals surface area contributed by atoms with E-state index in [1.807, 2.05) is 16.8 Å². The number of carbonyl (C=O) groups excluding carboxylic acids is 2. The molecule has 0 aromatic heterocycles. The maximum Gasteiger partial charge on any atom is 0.317 e. The Balaban J connectivity index is 1.87. The predicted octanol–water partition coefficient (Wildman–Crippen LogP) is 2.75. The molecule has 2 fully saturated rings. The topological polar surface area (TPSA) is 52.6 Å². The number of urea groups is 1. The van der Waals surface area contributed by atoms with Crippen LogP contribution in [0.25, 0.3) is 0 Å². The maximum atomic E-state index is 12.5. The summed E-state index contributed by atoms with van der Waals surface area (Å²) >= 11 is 0. The second-order valence-electron chi connectivity index (χ2n) is 6.75. The minimum Gasteiger partial charge on any atom is -0.346 e. The summed E-state index contributed by atoms with van der Waals surface area (Å²) in [6.07, 6.45) is 10.7. The van der Waals surface area contributed by atoms with Crippen LogP contribution < -0.4 is 5.32 Å². The van der Waals surface area contributed by atoms with Crippen molar-refractivity contribution in [1.82, 2.24) is 15.1 Å². The highest BCUT2D eigenvalue weighted by Crippen LogP contribution is 2.18. The number of amides is 3. The third-order valence-corrected chi connectivity index (χ3v) is 4.91. The van der Waals surface area contributed by atoms with Gasteiger partial charge in [0.25, 0.3) is 0 Å². The minimum atomic E-state index is 0.0293. The average molecular weight is 309 g/mol. The summed E-state index contributed by atoms with van der Waals surface area (Å²) in [5, 5.41) is 3.18. The summed E-state index contributed by atoms with van der Waals surface area (Å²) in [4.78, 5) is 28.2. The molecule has 0 bridgehead atoms. The van der Waals surface area contributed by atoms with Crippen LogP contribution in [0.2, 0.25) is 0 Å². The zero-order valence-electron chi connectivity index (χ0n) is 14.0. The van der Waals surface area contributed by atoms with Crippen LogP contribution in [0, 0.1) is 0 Å². The number of hydrogen-bond acceptors (Lipinski definition) is 2. The molecule has 0 atom stereocenters. The molecule has 22 heavy (non-hydrogen) atoms. The van der Waals surface area contributed by atoms with E-state index in [1.165, 1.54) is 19.3 Å². The first-order valence-corrected chi connectivity index (χ1v) is 8.96. The molecule has 1 N–H and O–H groups in total. The molecular weight excluding hydrogens is 278 g/mol. The van der Waals surface area contributed by atoms with Gasteiger partial charge in [0.05, 0.1) is 0 Å². The van der Waals surface area contributed by atoms with Crippen molar-refractivity contribution in [2.24, 2.45) is 0 Å². The van der Waals surface area contributed by atoms with Crippen LogP contribution in [0.15, 0.2) is 0 Å². The van der Waals surface area contributed by atoms with Gasteiger partial charge >= 0.3 is 6.03 Å². The molecule has 1 aliphatic carbocycles. The summed E-state index contributed by atoms with van der Waals surface area (Å²) in [6.45, 7) is 2.16. The van der Waals surface area contributed by atoms with Gasteiger partial charge in [0.1, 0.15) is 0 Å². The highest BCUT2D eigenvalue weighted by molar-refractivity contribution is 5.78. The molecule has 0 aromatic carbocycles. The third-order valence-electron chi connectivity index (χ3n) is 4.91. The molecule has 0 unspecified atom stereocenters. The first-order valence-electron chi connectivity index (χ1n) is 8.96. The molecule has 0 spiro atoms. The highest BCUT2D eigenvalue weighted by Gasteiger charge is 2.21. The van der Waals surface area contributed by atoms with Crippen molar-refractivity contribution in [3.8, 4) is 0 Å². The lowest BCUT2D eigenvalue weighted by molar-refractivity contribution is -0.130. The lowest BCUT2D eigenvalue weighted by Gasteiger charge is -2.28. The van der Waals surface area contributed by atoms with E-state index in [-0.39, 0.29) is 11.9 Å². The lowest BCUT2D eigenvalue weighted by Crippen LogP contribution is -2.46. The van der Waals surface area contributed by atoms with Crippen molar-refractivity contribution in [2.75, 3.05) is 26.7 Å². The molecule has 1 saturated heterocycles. The summed E-state index contributed by atoms with van der Waals surface area (Å²) in [6, 6.07) is 0.361. The summed E-state index contributed by atoms with van der Waals surface area (Å²) < 4.78 is 0. The van der Waals surface area contributed by atoms with E-state index in [0.29, 0.717) is 19.0 Å². The smallest absolute Gasteiger partial charge is 0.317 e. The molecule has 5 nitrogen and oxygen atoms in total. The van der Waals surface area contributed by atoms with Crippen molar-refractivity contribution in [3.05, 3.63) is 0 Å². The van der Waals surface area contributed by atoms with Crippen molar-refractivity contribution < 1.29 is 9.59 Å². The first-order chi connectivity index (χ1) is 10.7. The lowest BCUT2D eigenvalue weighted by atomic mass is 9.96. The Bertz CT molecular complexity index is 367. The number of carbonyl (C=O) groups is 2.